The van der Waals surface area contributed by atoms with Crippen molar-refractivity contribution in [1.82, 2.24) is 5.43 Å². The molecule has 0 aliphatic carbocycles. The lowest BCUT2D eigenvalue weighted by molar-refractivity contribution is -0.130. The Labute approximate surface area is 186 Å². The van der Waals surface area contributed by atoms with E-state index in [0.717, 1.165) is 0 Å². The van der Waals surface area contributed by atoms with Crippen LogP contribution in [0.3, 0.4) is 0 Å². The number of rotatable bonds is 5. The molecule has 1 unspecified atom stereocenters. The van der Waals surface area contributed by atoms with Crippen molar-refractivity contribution in [2.75, 3.05) is 6.61 Å². The maximum absolute atomic E-state index is 12.3. The number of fused-ring (bicyclic) bond motifs is 1. The summed E-state index contributed by atoms with van der Waals surface area (Å²) < 4.78 is 17.2. The van der Waals surface area contributed by atoms with Gasteiger partial charge in [0.1, 0.15) is 12.4 Å². The zero-order chi connectivity index (χ0) is 21.6. The van der Waals surface area contributed by atoms with Crippen LogP contribution in [0.4, 0.5) is 0 Å². The summed E-state index contributed by atoms with van der Waals surface area (Å²) in [6.07, 6.45) is 0.648. The van der Waals surface area contributed by atoms with Crippen LogP contribution in [0, 0.1) is 0 Å². The van der Waals surface area contributed by atoms with Crippen LogP contribution in [-0.2, 0) is 4.79 Å². The van der Waals surface area contributed by atoms with Gasteiger partial charge in [-0.2, -0.15) is 5.10 Å². The lowest BCUT2D eigenvalue weighted by Gasteiger charge is -2.24. The van der Waals surface area contributed by atoms with Gasteiger partial charge in [0, 0.05) is 4.47 Å². The summed E-state index contributed by atoms with van der Waals surface area (Å²) in [6, 6.07) is 20.9. The highest BCUT2D eigenvalue weighted by Crippen LogP contribution is 2.30. The Kier molecular flexibility index (Phi) is 6.28. The predicted octanol–water partition coefficient (Wildman–Crippen LogP) is 3.96. The summed E-state index contributed by atoms with van der Waals surface area (Å²) in [7, 11) is 0. The first-order chi connectivity index (χ1) is 15.1. The van der Waals surface area contributed by atoms with Crippen LogP contribution in [0.1, 0.15) is 15.9 Å². The van der Waals surface area contributed by atoms with Gasteiger partial charge in [0.2, 0.25) is 6.10 Å². The van der Waals surface area contributed by atoms with Gasteiger partial charge < -0.3 is 14.2 Å². The molecule has 0 spiro atoms. The van der Waals surface area contributed by atoms with Crippen LogP contribution in [0.25, 0.3) is 0 Å². The molecular weight excluding hydrogens is 464 g/mol. The quantitative estimate of drug-likeness (QED) is 0.258. The SMILES string of the molecule is O=C(Oc1cccc(C=NNC(=O)C2COc3ccccc3O2)c1)c1ccccc1Br. The van der Waals surface area contributed by atoms with E-state index in [-0.39, 0.29) is 6.61 Å². The Balaban J connectivity index is 1.35. The number of nitrogens with zero attached hydrogens (tertiary/aromatic N) is 1. The number of hydrogen-bond donors (Lipinski definition) is 1. The molecule has 1 aliphatic heterocycles. The number of benzene rings is 3. The van der Waals surface area contributed by atoms with Gasteiger partial charge in [-0.15, -0.1) is 0 Å². The first-order valence-corrected chi connectivity index (χ1v) is 10.2. The van der Waals surface area contributed by atoms with Gasteiger partial charge in [-0.25, -0.2) is 10.2 Å². The Morgan fingerprint density at radius 1 is 1.03 bits per heavy atom. The average Bonchev–Trinajstić information content (AvgIpc) is 2.79. The van der Waals surface area contributed by atoms with E-state index in [1.54, 1.807) is 60.7 Å². The Bertz CT molecular complexity index is 1150. The molecule has 3 aromatic carbocycles. The van der Waals surface area contributed by atoms with Crippen LogP contribution in [0.2, 0.25) is 0 Å². The maximum atomic E-state index is 12.3. The van der Waals surface area contributed by atoms with Crippen molar-refractivity contribution in [2.24, 2.45) is 5.10 Å². The average molecular weight is 481 g/mol. The molecule has 1 atom stereocenters. The molecule has 0 aromatic heterocycles. The fourth-order valence-corrected chi connectivity index (χ4v) is 3.28. The largest absolute Gasteiger partial charge is 0.485 e. The number of hydrogen-bond acceptors (Lipinski definition) is 6. The number of amides is 1. The molecule has 156 valence electrons. The summed E-state index contributed by atoms with van der Waals surface area (Å²) in [5.41, 5.74) is 3.50. The summed E-state index contributed by atoms with van der Waals surface area (Å²) >= 11 is 3.33. The van der Waals surface area contributed by atoms with E-state index in [2.05, 4.69) is 26.5 Å². The van der Waals surface area contributed by atoms with E-state index >= 15 is 0 Å². The lowest BCUT2D eigenvalue weighted by Crippen LogP contribution is -2.42. The van der Waals surface area contributed by atoms with Crippen molar-refractivity contribution < 1.29 is 23.8 Å². The van der Waals surface area contributed by atoms with Crippen molar-refractivity contribution >= 4 is 34.0 Å². The molecular formula is C23H17BrN2O5. The van der Waals surface area contributed by atoms with Gasteiger partial charge >= 0.3 is 5.97 Å². The molecule has 4 rings (SSSR count). The number of carbonyl (C=O) groups excluding carboxylic acids is 2. The second-order valence-corrected chi connectivity index (χ2v) is 7.39. The highest BCUT2D eigenvalue weighted by atomic mass is 79.9. The third-order valence-electron chi connectivity index (χ3n) is 4.35. The lowest BCUT2D eigenvalue weighted by atomic mass is 10.2. The van der Waals surface area contributed by atoms with Crippen LogP contribution >= 0.6 is 15.9 Å². The van der Waals surface area contributed by atoms with E-state index in [9.17, 15) is 9.59 Å². The minimum Gasteiger partial charge on any atom is -0.485 e. The van der Waals surface area contributed by atoms with Gasteiger partial charge in [-0.1, -0.05) is 36.4 Å². The molecule has 1 heterocycles. The van der Waals surface area contributed by atoms with E-state index in [4.69, 9.17) is 14.2 Å². The van der Waals surface area contributed by atoms with Crippen LogP contribution < -0.4 is 19.6 Å². The first-order valence-electron chi connectivity index (χ1n) is 9.38. The van der Waals surface area contributed by atoms with Crippen molar-refractivity contribution in [1.29, 1.82) is 0 Å². The Morgan fingerprint density at radius 3 is 2.65 bits per heavy atom. The highest BCUT2D eigenvalue weighted by Gasteiger charge is 2.27. The van der Waals surface area contributed by atoms with E-state index in [1.165, 1.54) is 6.21 Å². The smallest absolute Gasteiger partial charge is 0.344 e. The highest BCUT2D eigenvalue weighted by molar-refractivity contribution is 9.10. The van der Waals surface area contributed by atoms with Crippen molar-refractivity contribution in [3.8, 4) is 17.2 Å². The number of carbonyl (C=O) groups is 2. The molecule has 0 fully saturated rings. The molecule has 0 saturated heterocycles. The van der Waals surface area contributed by atoms with Crippen LogP contribution in [0.5, 0.6) is 17.2 Å². The normalized spacial score (nSPS) is 14.8. The topological polar surface area (TPSA) is 86.2 Å². The Hall–Kier alpha value is -3.65. The molecule has 1 N–H and O–H groups in total. The number of para-hydroxylation sites is 2. The van der Waals surface area contributed by atoms with Crippen LogP contribution in [0.15, 0.2) is 82.4 Å². The van der Waals surface area contributed by atoms with Gasteiger partial charge in [0.25, 0.3) is 5.91 Å². The van der Waals surface area contributed by atoms with Crippen LogP contribution in [-0.4, -0.2) is 30.8 Å². The van der Waals surface area contributed by atoms with E-state index in [0.29, 0.717) is 32.8 Å². The van der Waals surface area contributed by atoms with Gasteiger partial charge in [0.15, 0.2) is 11.5 Å². The molecule has 0 bridgehead atoms. The molecule has 0 radical (unpaired) electrons. The summed E-state index contributed by atoms with van der Waals surface area (Å²) in [6.45, 7) is 0.0961. The third kappa shape index (κ3) is 5.10. The van der Waals surface area contributed by atoms with E-state index in [1.807, 2.05) is 12.1 Å². The van der Waals surface area contributed by atoms with Crippen molar-refractivity contribution in [3.05, 3.63) is 88.4 Å². The number of halogens is 1. The summed E-state index contributed by atoms with van der Waals surface area (Å²) in [5, 5.41) is 3.96. The predicted molar refractivity (Wildman–Crippen MR) is 118 cm³/mol. The van der Waals surface area contributed by atoms with Gasteiger partial charge in [-0.05, 0) is 57.9 Å². The fourth-order valence-electron chi connectivity index (χ4n) is 2.84. The number of nitrogens with one attached hydrogen (secondary N) is 1. The minimum atomic E-state index is -0.802. The Morgan fingerprint density at radius 2 is 1.81 bits per heavy atom. The number of hydrazone groups is 1. The molecule has 31 heavy (non-hydrogen) atoms. The standard InChI is InChI=1S/C23H17BrN2O5/c24-18-9-2-1-8-17(18)23(28)30-16-7-5-6-15(12-16)13-25-26-22(27)21-14-29-19-10-3-4-11-20(19)31-21/h1-13,21H,14H2,(H,26,27). The van der Waals surface area contributed by atoms with E-state index < -0.39 is 18.0 Å². The number of ether oxygens (including phenoxy) is 3. The first kappa shape index (κ1) is 20.6. The second kappa shape index (κ2) is 9.44. The molecule has 8 heteroatoms. The second-order valence-electron chi connectivity index (χ2n) is 6.54. The molecule has 7 nitrogen and oxygen atoms in total. The molecule has 0 saturated carbocycles. The molecule has 1 aliphatic rings. The monoisotopic (exact) mass is 480 g/mol. The van der Waals surface area contributed by atoms with Gasteiger partial charge in [-0.3, -0.25) is 4.79 Å². The van der Waals surface area contributed by atoms with Crippen molar-refractivity contribution in [3.63, 3.8) is 0 Å². The summed E-state index contributed by atoms with van der Waals surface area (Å²) in [4.78, 5) is 24.6. The maximum Gasteiger partial charge on any atom is 0.344 e. The molecule has 3 aromatic rings. The van der Waals surface area contributed by atoms with Crippen molar-refractivity contribution in [2.45, 2.75) is 6.10 Å². The number of esters is 1. The summed E-state index contributed by atoms with van der Waals surface area (Å²) in [5.74, 6) is 0.560. The fraction of sp³-hybridized carbons (Fsp3) is 0.0870. The molecule has 1 amide bonds. The third-order valence-corrected chi connectivity index (χ3v) is 5.04. The minimum absolute atomic E-state index is 0.0961. The van der Waals surface area contributed by atoms with Gasteiger partial charge in [0.05, 0.1) is 11.8 Å². The zero-order valence-electron chi connectivity index (χ0n) is 16.2. The zero-order valence-corrected chi connectivity index (χ0v) is 17.7.